The average molecular weight is 422 g/mol. The SMILES string of the molecule is CCCC(=O)Nc1nc2n(n1)[C@@H](c1ccc(OC)cc1)C[C@@H](c1ccc(OC)cc1)N2. The van der Waals surface area contributed by atoms with Crippen LogP contribution in [0.5, 0.6) is 11.5 Å². The highest BCUT2D eigenvalue weighted by atomic mass is 16.5. The van der Waals surface area contributed by atoms with Crippen LogP contribution in [0.2, 0.25) is 0 Å². The van der Waals surface area contributed by atoms with Crippen molar-refractivity contribution in [3.63, 3.8) is 0 Å². The Bertz CT molecular complexity index is 1030. The van der Waals surface area contributed by atoms with Crippen LogP contribution in [-0.4, -0.2) is 34.9 Å². The number of ether oxygens (including phenoxy) is 2. The fourth-order valence-corrected chi connectivity index (χ4v) is 3.80. The Hall–Kier alpha value is -3.55. The first-order valence-electron chi connectivity index (χ1n) is 10.4. The number of benzene rings is 2. The van der Waals surface area contributed by atoms with E-state index in [2.05, 4.69) is 32.8 Å². The number of carbonyl (C=O) groups excluding carboxylic acids is 1. The predicted molar refractivity (Wildman–Crippen MR) is 119 cm³/mol. The number of hydrogen-bond acceptors (Lipinski definition) is 6. The molecule has 0 bridgehead atoms. The third-order valence-electron chi connectivity index (χ3n) is 5.44. The molecule has 0 spiro atoms. The second-order valence-electron chi connectivity index (χ2n) is 7.50. The zero-order valence-electron chi connectivity index (χ0n) is 18.0. The summed E-state index contributed by atoms with van der Waals surface area (Å²) in [6.45, 7) is 1.96. The number of nitrogens with one attached hydrogen (secondary N) is 2. The molecule has 1 aliphatic heterocycles. The van der Waals surface area contributed by atoms with Crippen LogP contribution < -0.4 is 20.1 Å². The number of aromatic nitrogens is 3. The van der Waals surface area contributed by atoms with E-state index < -0.39 is 0 Å². The van der Waals surface area contributed by atoms with E-state index in [9.17, 15) is 4.79 Å². The number of fused-ring (bicyclic) bond motifs is 1. The van der Waals surface area contributed by atoms with Crippen LogP contribution in [0.25, 0.3) is 0 Å². The van der Waals surface area contributed by atoms with Gasteiger partial charge in [-0.3, -0.25) is 10.1 Å². The molecule has 1 amide bonds. The summed E-state index contributed by atoms with van der Waals surface area (Å²) in [5, 5.41) is 10.9. The largest absolute Gasteiger partial charge is 0.497 e. The van der Waals surface area contributed by atoms with Crippen molar-refractivity contribution in [1.82, 2.24) is 14.8 Å². The Labute approximate surface area is 181 Å². The molecule has 0 unspecified atom stereocenters. The average Bonchev–Trinajstić information content (AvgIpc) is 3.21. The molecule has 2 N–H and O–H groups in total. The Morgan fingerprint density at radius 3 is 2.26 bits per heavy atom. The molecule has 4 rings (SSSR count). The third kappa shape index (κ3) is 4.47. The summed E-state index contributed by atoms with van der Waals surface area (Å²) in [4.78, 5) is 16.6. The molecular weight excluding hydrogens is 394 g/mol. The maximum Gasteiger partial charge on any atom is 0.250 e. The van der Waals surface area contributed by atoms with Gasteiger partial charge in [0.05, 0.1) is 26.3 Å². The molecule has 2 atom stereocenters. The standard InChI is InChI=1S/C23H27N5O3/c1-4-5-21(29)25-22-26-23-24-19(15-6-10-17(30-2)11-7-15)14-20(28(23)27-22)16-8-12-18(31-3)13-9-16/h6-13,19-20H,4-5,14H2,1-3H3,(H2,24,25,26,27,29)/t19-,20+/m0/s1. The summed E-state index contributed by atoms with van der Waals surface area (Å²) in [6, 6.07) is 16.0. The normalized spacial score (nSPS) is 17.4. The van der Waals surface area contributed by atoms with Gasteiger partial charge in [-0.05, 0) is 48.2 Å². The van der Waals surface area contributed by atoms with Crippen LogP contribution >= 0.6 is 0 Å². The maximum atomic E-state index is 12.0. The van der Waals surface area contributed by atoms with Crippen molar-refractivity contribution in [1.29, 1.82) is 0 Å². The Morgan fingerprint density at radius 2 is 1.68 bits per heavy atom. The number of amides is 1. The van der Waals surface area contributed by atoms with Gasteiger partial charge in [-0.25, -0.2) is 4.68 Å². The molecule has 0 saturated carbocycles. The lowest BCUT2D eigenvalue weighted by Crippen LogP contribution is -2.28. The van der Waals surface area contributed by atoms with Gasteiger partial charge < -0.3 is 14.8 Å². The summed E-state index contributed by atoms with van der Waals surface area (Å²) < 4.78 is 12.4. The lowest BCUT2D eigenvalue weighted by Gasteiger charge is -2.31. The first-order valence-corrected chi connectivity index (χ1v) is 10.4. The van der Waals surface area contributed by atoms with Crippen LogP contribution in [0.4, 0.5) is 11.9 Å². The van der Waals surface area contributed by atoms with Crippen molar-refractivity contribution in [3.05, 3.63) is 59.7 Å². The van der Waals surface area contributed by atoms with Crippen LogP contribution in [-0.2, 0) is 4.79 Å². The molecular formula is C23H27N5O3. The van der Waals surface area contributed by atoms with E-state index in [-0.39, 0.29) is 18.0 Å². The van der Waals surface area contributed by atoms with Gasteiger partial charge >= 0.3 is 0 Å². The molecule has 3 aromatic rings. The fraction of sp³-hybridized carbons (Fsp3) is 0.348. The molecule has 162 valence electrons. The van der Waals surface area contributed by atoms with Crippen LogP contribution in [0, 0.1) is 0 Å². The molecule has 31 heavy (non-hydrogen) atoms. The van der Waals surface area contributed by atoms with Crippen molar-refractivity contribution in [2.24, 2.45) is 0 Å². The van der Waals surface area contributed by atoms with Gasteiger partial charge in [0.25, 0.3) is 5.95 Å². The summed E-state index contributed by atoms with van der Waals surface area (Å²) in [6.07, 6.45) is 1.98. The zero-order valence-corrected chi connectivity index (χ0v) is 18.0. The van der Waals surface area contributed by atoms with Gasteiger partial charge in [-0.1, -0.05) is 31.2 Å². The highest BCUT2D eigenvalue weighted by molar-refractivity contribution is 5.88. The Kier molecular flexibility index (Phi) is 6.06. The van der Waals surface area contributed by atoms with Crippen molar-refractivity contribution >= 4 is 17.8 Å². The number of rotatable bonds is 7. The van der Waals surface area contributed by atoms with Gasteiger partial charge in [-0.2, -0.15) is 4.98 Å². The summed E-state index contributed by atoms with van der Waals surface area (Å²) in [5.74, 6) is 2.47. The summed E-state index contributed by atoms with van der Waals surface area (Å²) in [5.41, 5.74) is 2.23. The molecule has 2 aromatic carbocycles. The highest BCUT2D eigenvalue weighted by Crippen LogP contribution is 2.39. The molecule has 0 aliphatic carbocycles. The van der Waals surface area contributed by atoms with Gasteiger partial charge in [0.15, 0.2) is 0 Å². The molecule has 0 fully saturated rings. The minimum atomic E-state index is -0.0850. The predicted octanol–water partition coefficient (Wildman–Crippen LogP) is 4.18. The number of hydrogen-bond donors (Lipinski definition) is 2. The quantitative estimate of drug-likeness (QED) is 0.595. The second-order valence-corrected chi connectivity index (χ2v) is 7.50. The van der Waals surface area contributed by atoms with Crippen molar-refractivity contribution in [2.45, 2.75) is 38.3 Å². The van der Waals surface area contributed by atoms with Crippen LogP contribution in [0.1, 0.15) is 49.4 Å². The topological polar surface area (TPSA) is 90.3 Å². The maximum absolute atomic E-state index is 12.0. The van der Waals surface area contributed by atoms with E-state index in [1.54, 1.807) is 14.2 Å². The highest BCUT2D eigenvalue weighted by Gasteiger charge is 2.31. The third-order valence-corrected chi connectivity index (χ3v) is 5.44. The van der Waals surface area contributed by atoms with Crippen LogP contribution in [0.3, 0.4) is 0 Å². The van der Waals surface area contributed by atoms with E-state index in [0.29, 0.717) is 18.3 Å². The van der Waals surface area contributed by atoms with E-state index in [1.165, 1.54) is 0 Å². The number of nitrogens with zero attached hydrogens (tertiary/aromatic N) is 3. The van der Waals surface area contributed by atoms with Gasteiger partial charge in [0, 0.05) is 6.42 Å². The van der Waals surface area contributed by atoms with E-state index in [4.69, 9.17) is 9.47 Å². The van der Waals surface area contributed by atoms with Crippen molar-refractivity contribution in [3.8, 4) is 11.5 Å². The molecule has 1 aromatic heterocycles. The van der Waals surface area contributed by atoms with Crippen molar-refractivity contribution in [2.75, 3.05) is 24.9 Å². The number of anilines is 2. The molecule has 0 saturated heterocycles. The monoisotopic (exact) mass is 421 g/mol. The first kappa shape index (κ1) is 20.7. The lowest BCUT2D eigenvalue weighted by molar-refractivity contribution is -0.116. The molecule has 1 aliphatic rings. The zero-order chi connectivity index (χ0) is 21.8. The van der Waals surface area contributed by atoms with E-state index in [1.807, 2.05) is 48.0 Å². The van der Waals surface area contributed by atoms with Crippen LogP contribution in [0.15, 0.2) is 48.5 Å². The van der Waals surface area contributed by atoms with E-state index >= 15 is 0 Å². The van der Waals surface area contributed by atoms with Gasteiger partial charge in [-0.15, -0.1) is 5.10 Å². The number of methoxy groups -OCH3 is 2. The molecule has 8 heteroatoms. The summed E-state index contributed by atoms with van der Waals surface area (Å²) >= 11 is 0. The fourth-order valence-electron chi connectivity index (χ4n) is 3.80. The number of carbonyl (C=O) groups is 1. The van der Waals surface area contributed by atoms with Gasteiger partial charge in [0.2, 0.25) is 11.9 Å². The molecule has 2 heterocycles. The molecule has 0 radical (unpaired) electrons. The minimum Gasteiger partial charge on any atom is -0.497 e. The summed E-state index contributed by atoms with van der Waals surface area (Å²) in [7, 11) is 3.31. The first-order chi connectivity index (χ1) is 15.1. The van der Waals surface area contributed by atoms with E-state index in [0.717, 1.165) is 35.5 Å². The van der Waals surface area contributed by atoms with Gasteiger partial charge in [0.1, 0.15) is 11.5 Å². The Balaban J connectivity index is 1.67. The second kappa shape index (κ2) is 9.07. The van der Waals surface area contributed by atoms with Crippen molar-refractivity contribution < 1.29 is 14.3 Å². The smallest absolute Gasteiger partial charge is 0.250 e. The molecule has 8 nitrogen and oxygen atoms in total. The lowest BCUT2D eigenvalue weighted by atomic mass is 9.93. The Morgan fingerprint density at radius 1 is 1.06 bits per heavy atom. The minimum absolute atomic E-state index is 0.0360.